The topological polar surface area (TPSA) is 83.9 Å². The fraction of sp³-hybridized carbons (Fsp3) is 0.400. The third-order valence-electron chi connectivity index (χ3n) is 3.30. The highest BCUT2D eigenvalue weighted by Crippen LogP contribution is 2.15. The van der Waals surface area contributed by atoms with Gasteiger partial charge in [-0.3, -0.25) is 14.5 Å². The molecule has 2 amide bonds. The van der Waals surface area contributed by atoms with Crippen LogP contribution in [0.25, 0.3) is 0 Å². The molecule has 21 heavy (non-hydrogen) atoms. The van der Waals surface area contributed by atoms with E-state index in [1.54, 1.807) is 12.1 Å². The van der Waals surface area contributed by atoms with Gasteiger partial charge in [0.05, 0.1) is 12.1 Å². The number of nitrogens with zero attached hydrogens (tertiary/aromatic N) is 1. The second-order valence-corrected chi connectivity index (χ2v) is 4.83. The molecule has 1 aromatic rings. The Labute approximate surface area is 122 Å². The lowest BCUT2D eigenvalue weighted by atomic mass is 10.2. The largest absolute Gasteiger partial charge is 0.492 e. The Morgan fingerprint density at radius 3 is 2.48 bits per heavy atom. The van der Waals surface area contributed by atoms with E-state index >= 15 is 0 Å². The number of likely N-dealkylation sites (tertiary alicyclic amines) is 1. The van der Waals surface area contributed by atoms with Gasteiger partial charge in [-0.15, -0.1) is 0 Å². The summed E-state index contributed by atoms with van der Waals surface area (Å²) in [6, 6.07) is 6.10. The summed E-state index contributed by atoms with van der Waals surface area (Å²) in [5.74, 6) is -0.955. The monoisotopic (exact) mass is 291 g/mol. The lowest BCUT2D eigenvalue weighted by molar-refractivity contribution is -0.144. The van der Waals surface area contributed by atoms with Crippen LogP contribution in [0.15, 0.2) is 24.3 Å². The number of carboxylic acids is 1. The predicted molar refractivity (Wildman–Crippen MR) is 74.1 cm³/mol. The van der Waals surface area contributed by atoms with E-state index in [-0.39, 0.29) is 30.5 Å². The maximum Gasteiger partial charge on any atom is 0.335 e. The van der Waals surface area contributed by atoms with Crippen LogP contribution in [0, 0.1) is 0 Å². The number of hydrogen-bond acceptors (Lipinski definition) is 4. The number of benzene rings is 1. The second-order valence-electron chi connectivity index (χ2n) is 4.83. The van der Waals surface area contributed by atoms with Crippen molar-refractivity contribution in [2.24, 2.45) is 0 Å². The third-order valence-corrected chi connectivity index (χ3v) is 3.30. The lowest BCUT2D eigenvalue weighted by Crippen LogP contribution is -2.38. The Hall–Kier alpha value is -2.37. The molecular formula is C15H17NO5. The minimum atomic E-state index is -1.03. The number of carbonyl (C=O) groups excluding carboxylic acids is 2. The van der Waals surface area contributed by atoms with Crippen molar-refractivity contribution in [1.29, 1.82) is 0 Å². The summed E-state index contributed by atoms with van der Waals surface area (Å²) in [5.41, 5.74) is 0.134. The molecule has 0 radical (unpaired) electrons. The smallest absolute Gasteiger partial charge is 0.335 e. The summed E-state index contributed by atoms with van der Waals surface area (Å²) < 4.78 is 5.43. The predicted octanol–water partition coefficient (Wildman–Crippen LogP) is 1.69. The van der Waals surface area contributed by atoms with Crippen LogP contribution in [-0.4, -0.2) is 40.9 Å². The standard InChI is InChI=1S/C15H17NO5/c17-13-6-1-2-7-14(18)16(13)8-9-21-12-5-3-4-11(10-12)15(19)20/h3-5,10H,1-2,6-9H2,(H,19,20). The van der Waals surface area contributed by atoms with Crippen molar-refractivity contribution in [2.45, 2.75) is 25.7 Å². The van der Waals surface area contributed by atoms with Gasteiger partial charge in [0.15, 0.2) is 0 Å². The van der Waals surface area contributed by atoms with Gasteiger partial charge in [-0.25, -0.2) is 4.79 Å². The van der Waals surface area contributed by atoms with Crippen LogP contribution >= 0.6 is 0 Å². The molecule has 0 aliphatic carbocycles. The molecule has 6 nitrogen and oxygen atoms in total. The number of ether oxygens (including phenoxy) is 1. The van der Waals surface area contributed by atoms with Crippen molar-refractivity contribution in [1.82, 2.24) is 4.90 Å². The minimum Gasteiger partial charge on any atom is -0.492 e. The molecule has 1 N–H and O–H groups in total. The van der Waals surface area contributed by atoms with Gasteiger partial charge in [-0.2, -0.15) is 0 Å². The number of imide groups is 1. The van der Waals surface area contributed by atoms with Crippen molar-refractivity contribution < 1.29 is 24.2 Å². The molecular weight excluding hydrogens is 274 g/mol. The first-order chi connectivity index (χ1) is 10.1. The summed E-state index contributed by atoms with van der Waals surface area (Å²) in [4.78, 5) is 35.6. The van der Waals surface area contributed by atoms with Gasteiger partial charge in [0, 0.05) is 12.8 Å². The SMILES string of the molecule is O=C(O)c1cccc(OCCN2C(=O)CCCCC2=O)c1. The highest BCUT2D eigenvalue weighted by Gasteiger charge is 2.23. The lowest BCUT2D eigenvalue weighted by Gasteiger charge is -2.18. The minimum absolute atomic E-state index is 0.134. The number of carbonyl (C=O) groups is 3. The zero-order valence-electron chi connectivity index (χ0n) is 11.6. The van der Waals surface area contributed by atoms with E-state index in [1.807, 2.05) is 0 Å². The summed E-state index contributed by atoms with van der Waals surface area (Å²) in [6.07, 6.45) is 2.26. The van der Waals surface area contributed by atoms with E-state index in [0.29, 0.717) is 18.6 Å². The highest BCUT2D eigenvalue weighted by molar-refractivity contribution is 5.96. The van der Waals surface area contributed by atoms with Crippen LogP contribution in [-0.2, 0) is 9.59 Å². The molecule has 0 unspecified atom stereocenters. The Bertz CT molecular complexity index is 537. The third kappa shape index (κ3) is 4.05. The number of hydrogen-bond donors (Lipinski definition) is 1. The average Bonchev–Trinajstić information content (AvgIpc) is 2.62. The van der Waals surface area contributed by atoms with Gasteiger partial charge >= 0.3 is 5.97 Å². The molecule has 0 saturated carbocycles. The van der Waals surface area contributed by atoms with E-state index in [2.05, 4.69) is 0 Å². The van der Waals surface area contributed by atoms with Crippen LogP contribution in [0.5, 0.6) is 5.75 Å². The Balaban J connectivity index is 1.91. The summed E-state index contributed by atoms with van der Waals surface area (Å²) >= 11 is 0. The van der Waals surface area contributed by atoms with Gasteiger partial charge < -0.3 is 9.84 Å². The fourth-order valence-electron chi connectivity index (χ4n) is 2.18. The van der Waals surface area contributed by atoms with E-state index in [9.17, 15) is 14.4 Å². The summed E-state index contributed by atoms with van der Waals surface area (Å²) in [5, 5.41) is 8.89. The summed E-state index contributed by atoms with van der Waals surface area (Å²) in [7, 11) is 0. The number of amides is 2. The van der Waals surface area contributed by atoms with Gasteiger partial charge in [0.2, 0.25) is 11.8 Å². The maximum absolute atomic E-state index is 11.8. The normalized spacial score (nSPS) is 15.7. The van der Waals surface area contributed by atoms with Crippen LogP contribution in [0.1, 0.15) is 36.0 Å². The first-order valence-corrected chi connectivity index (χ1v) is 6.87. The zero-order valence-corrected chi connectivity index (χ0v) is 11.6. The van der Waals surface area contributed by atoms with Gasteiger partial charge in [-0.05, 0) is 31.0 Å². The van der Waals surface area contributed by atoms with Gasteiger partial charge in [0.1, 0.15) is 12.4 Å². The molecule has 1 aromatic carbocycles. The fourth-order valence-corrected chi connectivity index (χ4v) is 2.18. The molecule has 0 bridgehead atoms. The molecule has 1 aliphatic heterocycles. The molecule has 6 heteroatoms. The Morgan fingerprint density at radius 2 is 1.86 bits per heavy atom. The van der Waals surface area contributed by atoms with E-state index in [1.165, 1.54) is 17.0 Å². The van der Waals surface area contributed by atoms with Crippen molar-refractivity contribution >= 4 is 17.8 Å². The number of carboxylic acid groups (broad SMARTS) is 1. The molecule has 0 aromatic heterocycles. The van der Waals surface area contributed by atoms with Crippen molar-refractivity contribution in [3.8, 4) is 5.75 Å². The van der Waals surface area contributed by atoms with E-state index < -0.39 is 5.97 Å². The molecule has 112 valence electrons. The first kappa shape index (κ1) is 15.0. The molecule has 2 rings (SSSR count). The van der Waals surface area contributed by atoms with Crippen LogP contribution in [0.2, 0.25) is 0 Å². The molecule has 0 atom stereocenters. The molecule has 1 saturated heterocycles. The molecule has 1 aliphatic rings. The van der Waals surface area contributed by atoms with Crippen LogP contribution in [0.3, 0.4) is 0 Å². The number of aromatic carboxylic acids is 1. The van der Waals surface area contributed by atoms with Gasteiger partial charge in [-0.1, -0.05) is 6.07 Å². The average molecular weight is 291 g/mol. The first-order valence-electron chi connectivity index (χ1n) is 6.87. The van der Waals surface area contributed by atoms with Crippen molar-refractivity contribution in [2.75, 3.05) is 13.2 Å². The molecule has 1 fully saturated rings. The van der Waals surface area contributed by atoms with Crippen LogP contribution < -0.4 is 4.74 Å². The van der Waals surface area contributed by atoms with Crippen LogP contribution in [0.4, 0.5) is 0 Å². The summed E-state index contributed by atoms with van der Waals surface area (Å²) in [6.45, 7) is 0.343. The maximum atomic E-state index is 11.8. The highest BCUT2D eigenvalue weighted by atomic mass is 16.5. The Morgan fingerprint density at radius 1 is 1.19 bits per heavy atom. The molecule has 1 heterocycles. The van der Waals surface area contributed by atoms with Gasteiger partial charge in [0.25, 0.3) is 0 Å². The quantitative estimate of drug-likeness (QED) is 0.835. The van der Waals surface area contributed by atoms with Crippen molar-refractivity contribution in [3.05, 3.63) is 29.8 Å². The second kappa shape index (κ2) is 6.88. The van der Waals surface area contributed by atoms with E-state index in [4.69, 9.17) is 9.84 Å². The molecule has 0 spiro atoms. The van der Waals surface area contributed by atoms with Crippen molar-refractivity contribution in [3.63, 3.8) is 0 Å². The number of rotatable bonds is 5. The zero-order chi connectivity index (χ0) is 15.2. The Kier molecular flexibility index (Phi) is 4.92. The van der Waals surface area contributed by atoms with E-state index in [0.717, 1.165) is 12.8 Å².